The second kappa shape index (κ2) is 11.0. The van der Waals surface area contributed by atoms with E-state index in [1.165, 1.54) is 32.2 Å². The van der Waals surface area contributed by atoms with Crippen LogP contribution in [0.25, 0.3) is 0 Å². The predicted octanol–water partition coefficient (Wildman–Crippen LogP) is 5.33. The Morgan fingerprint density at radius 3 is 2.29 bits per heavy atom. The average molecular weight is 542 g/mol. The standard InChI is InChI=1S/C26H28F5N3O4/c1-15-21(14-23(35)37-3)34(32-25(15)26(29,30)31)16-4-6-17(7-5-16)38-18-8-10-33(11-9-18)22-13-19(36-2)12-20(27)24(22)28/h4-7,12-13,15,18,21H,8-11,14H2,1-3H3/t15-,21?/m0/s1. The van der Waals surface area contributed by atoms with Crippen LogP contribution in [0, 0.1) is 17.6 Å². The van der Waals surface area contributed by atoms with Gasteiger partial charge in [0.05, 0.1) is 38.1 Å². The number of hydrogen-bond acceptors (Lipinski definition) is 7. The summed E-state index contributed by atoms with van der Waals surface area (Å²) >= 11 is 0. The van der Waals surface area contributed by atoms with E-state index in [0.717, 1.165) is 6.07 Å². The molecule has 7 nitrogen and oxygen atoms in total. The van der Waals surface area contributed by atoms with E-state index in [2.05, 4.69) is 9.84 Å². The molecule has 0 amide bonds. The Hall–Kier alpha value is -3.57. The Kier molecular flexibility index (Phi) is 7.98. The molecule has 2 heterocycles. The summed E-state index contributed by atoms with van der Waals surface area (Å²) in [4.78, 5) is 13.6. The van der Waals surface area contributed by atoms with Crippen molar-refractivity contribution in [2.24, 2.45) is 11.0 Å². The van der Waals surface area contributed by atoms with Crippen LogP contribution in [0.2, 0.25) is 0 Å². The third-order valence-electron chi connectivity index (χ3n) is 6.84. The normalized spacial score (nSPS) is 20.4. The first-order valence-corrected chi connectivity index (χ1v) is 12.1. The van der Waals surface area contributed by atoms with Gasteiger partial charge in [0.1, 0.15) is 23.3 Å². The Morgan fingerprint density at radius 1 is 1.05 bits per heavy atom. The van der Waals surface area contributed by atoms with Crippen molar-refractivity contribution >= 4 is 23.1 Å². The van der Waals surface area contributed by atoms with Gasteiger partial charge >= 0.3 is 12.1 Å². The van der Waals surface area contributed by atoms with E-state index in [1.54, 1.807) is 29.2 Å². The molecule has 0 aliphatic carbocycles. The fourth-order valence-corrected chi connectivity index (χ4v) is 4.74. The Morgan fingerprint density at radius 2 is 1.71 bits per heavy atom. The van der Waals surface area contributed by atoms with Crippen LogP contribution in [-0.2, 0) is 9.53 Å². The number of rotatable bonds is 7. The van der Waals surface area contributed by atoms with E-state index >= 15 is 0 Å². The minimum Gasteiger partial charge on any atom is -0.497 e. The maximum atomic E-state index is 14.3. The SMILES string of the molecule is COC(=O)CC1[C@H](C)C(C(F)(F)F)=NN1c1ccc(OC2CCN(c3cc(OC)cc(F)c3F)CC2)cc1. The summed E-state index contributed by atoms with van der Waals surface area (Å²) in [5.74, 6) is -2.84. The number of carbonyl (C=O) groups is 1. The number of nitrogens with zero attached hydrogens (tertiary/aromatic N) is 3. The highest BCUT2D eigenvalue weighted by Gasteiger charge is 2.48. The first-order chi connectivity index (χ1) is 18.0. The van der Waals surface area contributed by atoms with E-state index in [1.807, 2.05) is 0 Å². The van der Waals surface area contributed by atoms with Crippen molar-refractivity contribution in [1.29, 1.82) is 0 Å². The Bertz CT molecular complexity index is 1180. The van der Waals surface area contributed by atoms with E-state index in [-0.39, 0.29) is 24.0 Å². The van der Waals surface area contributed by atoms with Crippen molar-refractivity contribution in [3.8, 4) is 11.5 Å². The Balaban J connectivity index is 1.42. The van der Waals surface area contributed by atoms with Crippen LogP contribution < -0.4 is 19.4 Å². The van der Waals surface area contributed by atoms with Crippen molar-refractivity contribution in [3.63, 3.8) is 0 Å². The number of methoxy groups -OCH3 is 2. The van der Waals surface area contributed by atoms with Crippen LogP contribution in [0.15, 0.2) is 41.5 Å². The lowest BCUT2D eigenvalue weighted by Crippen LogP contribution is -2.38. The molecule has 1 saturated heterocycles. The lowest BCUT2D eigenvalue weighted by atomic mass is 9.94. The molecule has 0 bridgehead atoms. The summed E-state index contributed by atoms with van der Waals surface area (Å²) < 4.78 is 84.4. The Labute approximate surface area is 216 Å². The summed E-state index contributed by atoms with van der Waals surface area (Å²) in [7, 11) is 2.56. The zero-order valence-electron chi connectivity index (χ0n) is 21.1. The highest BCUT2D eigenvalue weighted by molar-refractivity contribution is 5.96. The van der Waals surface area contributed by atoms with Gasteiger partial charge in [-0.1, -0.05) is 6.92 Å². The molecular formula is C26H28F5N3O4. The second-order valence-corrected chi connectivity index (χ2v) is 9.20. The molecule has 0 N–H and O–H groups in total. The van der Waals surface area contributed by atoms with Gasteiger partial charge in [0.25, 0.3) is 0 Å². The second-order valence-electron chi connectivity index (χ2n) is 9.20. The molecule has 2 aromatic carbocycles. The number of hydrogen-bond donors (Lipinski definition) is 0. The van der Waals surface area contributed by atoms with Gasteiger partial charge in [-0.25, -0.2) is 8.78 Å². The van der Waals surface area contributed by atoms with Gasteiger partial charge < -0.3 is 19.1 Å². The van der Waals surface area contributed by atoms with Crippen molar-refractivity contribution in [1.82, 2.24) is 0 Å². The van der Waals surface area contributed by atoms with Crippen LogP contribution in [0.5, 0.6) is 11.5 Å². The van der Waals surface area contributed by atoms with Crippen LogP contribution in [0.4, 0.5) is 33.3 Å². The fraction of sp³-hybridized carbons (Fsp3) is 0.462. The summed E-state index contributed by atoms with van der Waals surface area (Å²) in [6, 6.07) is 8.01. The molecule has 1 fully saturated rings. The minimum absolute atomic E-state index is 0.129. The number of alkyl halides is 3. The molecule has 12 heteroatoms. The van der Waals surface area contributed by atoms with Gasteiger partial charge in [-0.15, -0.1) is 0 Å². The molecule has 38 heavy (non-hydrogen) atoms. The highest BCUT2D eigenvalue weighted by Crippen LogP contribution is 2.37. The number of piperidine rings is 1. The van der Waals surface area contributed by atoms with Gasteiger partial charge in [0.2, 0.25) is 0 Å². The van der Waals surface area contributed by atoms with Gasteiger partial charge in [-0.2, -0.15) is 18.3 Å². The summed E-state index contributed by atoms with van der Waals surface area (Å²) in [5.41, 5.74) is -0.446. The van der Waals surface area contributed by atoms with Crippen molar-refractivity contribution in [2.75, 3.05) is 37.2 Å². The maximum Gasteiger partial charge on any atom is 0.431 e. The molecule has 2 aliphatic rings. The largest absolute Gasteiger partial charge is 0.497 e. The van der Waals surface area contributed by atoms with Crippen LogP contribution in [0.1, 0.15) is 26.2 Å². The van der Waals surface area contributed by atoms with E-state index in [9.17, 15) is 26.7 Å². The van der Waals surface area contributed by atoms with E-state index < -0.39 is 41.5 Å². The summed E-state index contributed by atoms with van der Waals surface area (Å²) in [6.45, 7) is 2.25. The monoisotopic (exact) mass is 541 g/mol. The average Bonchev–Trinajstić information content (AvgIpc) is 3.22. The molecule has 2 aromatic rings. The highest BCUT2D eigenvalue weighted by atomic mass is 19.4. The number of benzene rings is 2. The molecule has 0 radical (unpaired) electrons. The molecule has 206 valence electrons. The van der Waals surface area contributed by atoms with Gasteiger partial charge in [-0.05, 0) is 24.3 Å². The molecule has 4 rings (SSSR count). The van der Waals surface area contributed by atoms with Crippen LogP contribution in [-0.4, -0.2) is 57.3 Å². The molecule has 0 aromatic heterocycles. The first-order valence-electron chi connectivity index (χ1n) is 12.1. The molecular weight excluding hydrogens is 513 g/mol. The molecule has 0 spiro atoms. The summed E-state index contributed by atoms with van der Waals surface area (Å²) in [5, 5.41) is 4.99. The van der Waals surface area contributed by atoms with Crippen molar-refractivity contribution < 1.29 is 41.0 Å². The minimum atomic E-state index is -4.62. The predicted molar refractivity (Wildman–Crippen MR) is 131 cm³/mol. The zero-order chi connectivity index (χ0) is 27.6. The molecule has 0 saturated carbocycles. The smallest absolute Gasteiger partial charge is 0.431 e. The zero-order valence-corrected chi connectivity index (χ0v) is 21.1. The maximum absolute atomic E-state index is 14.3. The van der Waals surface area contributed by atoms with Crippen molar-refractivity contribution in [2.45, 2.75) is 44.5 Å². The van der Waals surface area contributed by atoms with Crippen molar-refractivity contribution in [3.05, 3.63) is 48.0 Å². The number of ether oxygens (including phenoxy) is 3. The van der Waals surface area contributed by atoms with Gasteiger partial charge in [0.15, 0.2) is 11.6 Å². The molecule has 2 atom stereocenters. The molecule has 2 aliphatic heterocycles. The fourth-order valence-electron chi connectivity index (χ4n) is 4.74. The quantitative estimate of drug-likeness (QED) is 0.349. The first kappa shape index (κ1) is 27.5. The number of esters is 1. The molecule has 1 unspecified atom stereocenters. The van der Waals surface area contributed by atoms with Crippen LogP contribution in [0.3, 0.4) is 0 Å². The third-order valence-corrected chi connectivity index (χ3v) is 6.84. The topological polar surface area (TPSA) is 63.6 Å². The number of hydrazone groups is 1. The van der Waals surface area contributed by atoms with E-state index in [4.69, 9.17) is 9.47 Å². The van der Waals surface area contributed by atoms with Crippen LogP contribution >= 0.6 is 0 Å². The number of halogens is 5. The van der Waals surface area contributed by atoms with E-state index in [0.29, 0.717) is 37.4 Å². The van der Waals surface area contributed by atoms with Gasteiger partial charge in [-0.3, -0.25) is 9.80 Å². The summed E-state index contributed by atoms with van der Waals surface area (Å²) in [6.07, 6.45) is -3.98. The number of anilines is 2. The lowest BCUT2D eigenvalue weighted by Gasteiger charge is -2.34. The number of carbonyl (C=O) groups excluding carboxylic acids is 1. The lowest BCUT2D eigenvalue weighted by molar-refractivity contribution is -0.141. The third kappa shape index (κ3) is 5.78. The van der Waals surface area contributed by atoms with Gasteiger partial charge in [0, 0.05) is 44.0 Å².